The van der Waals surface area contributed by atoms with Gasteiger partial charge in [-0.15, -0.1) is 0 Å². The number of benzene rings is 1. The van der Waals surface area contributed by atoms with Crippen molar-refractivity contribution in [3.8, 4) is 5.82 Å². The molecule has 0 aliphatic carbocycles. The van der Waals surface area contributed by atoms with Crippen molar-refractivity contribution in [2.45, 2.75) is 32.4 Å². The van der Waals surface area contributed by atoms with Crippen molar-refractivity contribution >= 4 is 22.5 Å². The predicted octanol–water partition coefficient (Wildman–Crippen LogP) is 3.50. The third kappa shape index (κ3) is 3.00. The van der Waals surface area contributed by atoms with E-state index >= 15 is 0 Å². The van der Waals surface area contributed by atoms with Crippen LogP contribution in [0.25, 0.3) is 16.7 Å². The van der Waals surface area contributed by atoms with E-state index in [1.807, 2.05) is 13.0 Å². The third-order valence-corrected chi connectivity index (χ3v) is 4.97. The first-order chi connectivity index (χ1) is 12.0. The lowest BCUT2D eigenvalue weighted by Gasteiger charge is -2.28. The lowest BCUT2D eigenvalue weighted by atomic mass is 9.85. The van der Waals surface area contributed by atoms with E-state index in [1.165, 1.54) is 0 Å². The molecule has 1 saturated heterocycles. The smallest absolute Gasteiger partial charge is 0.159 e. The van der Waals surface area contributed by atoms with Crippen LogP contribution in [0.3, 0.4) is 0 Å². The van der Waals surface area contributed by atoms with Crippen molar-refractivity contribution in [1.29, 1.82) is 0 Å². The maximum atomic E-state index is 14.4. The molecule has 3 heterocycles. The number of nitrogens with zero attached hydrogens (tertiary/aromatic N) is 4. The standard InChI is InChI=1S/C18H19ClFN5/c1-10-5-12-8-22-25(18-7-17(19)23-11(2)24-18)16(12)6-14(10)13-3-4-21-9-15(13)20/h5-8,13,15,21H,3-4,9H2,1-2H3/t13-,15-/m1/s1. The topological polar surface area (TPSA) is 55.6 Å². The molecule has 0 radical (unpaired) electrons. The molecule has 1 N–H and O–H groups in total. The molecule has 0 unspecified atom stereocenters. The quantitative estimate of drug-likeness (QED) is 0.711. The maximum Gasteiger partial charge on any atom is 0.159 e. The summed E-state index contributed by atoms with van der Waals surface area (Å²) in [4.78, 5) is 8.52. The largest absolute Gasteiger partial charge is 0.314 e. The second-order valence-electron chi connectivity index (χ2n) is 6.54. The molecule has 0 saturated carbocycles. The van der Waals surface area contributed by atoms with Crippen LogP contribution in [0.15, 0.2) is 24.4 Å². The van der Waals surface area contributed by atoms with Gasteiger partial charge in [0, 0.05) is 23.9 Å². The Morgan fingerprint density at radius 2 is 2.08 bits per heavy atom. The summed E-state index contributed by atoms with van der Waals surface area (Å²) in [5, 5.41) is 8.94. The van der Waals surface area contributed by atoms with E-state index in [-0.39, 0.29) is 5.92 Å². The summed E-state index contributed by atoms with van der Waals surface area (Å²) < 4.78 is 16.2. The summed E-state index contributed by atoms with van der Waals surface area (Å²) >= 11 is 6.07. The van der Waals surface area contributed by atoms with Gasteiger partial charge in [0.2, 0.25) is 0 Å². The first-order valence-electron chi connectivity index (χ1n) is 8.37. The van der Waals surface area contributed by atoms with Crippen molar-refractivity contribution in [1.82, 2.24) is 25.1 Å². The number of piperidine rings is 1. The molecule has 1 aliphatic heterocycles. The summed E-state index contributed by atoms with van der Waals surface area (Å²) in [7, 11) is 0. The van der Waals surface area contributed by atoms with Gasteiger partial charge >= 0.3 is 0 Å². The molecule has 3 aromatic rings. The van der Waals surface area contributed by atoms with Gasteiger partial charge in [0.25, 0.3) is 0 Å². The molecule has 2 aromatic heterocycles. The maximum absolute atomic E-state index is 14.4. The zero-order valence-corrected chi connectivity index (χ0v) is 14.9. The Hall–Kier alpha value is -2.05. The number of fused-ring (bicyclic) bond motifs is 1. The van der Waals surface area contributed by atoms with Gasteiger partial charge < -0.3 is 5.32 Å². The monoisotopic (exact) mass is 359 g/mol. The molecule has 25 heavy (non-hydrogen) atoms. The Labute approximate surface area is 150 Å². The summed E-state index contributed by atoms with van der Waals surface area (Å²) in [6, 6.07) is 5.80. The van der Waals surface area contributed by atoms with E-state index in [9.17, 15) is 4.39 Å². The highest BCUT2D eigenvalue weighted by Crippen LogP contribution is 2.33. The Morgan fingerprint density at radius 3 is 2.84 bits per heavy atom. The van der Waals surface area contributed by atoms with Crippen molar-refractivity contribution in [2.75, 3.05) is 13.1 Å². The highest BCUT2D eigenvalue weighted by molar-refractivity contribution is 6.29. The molecule has 0 spiro atoms. The molecule has 0 amide bonds. The van der Waals surface area contributed by atoms with E-state index in [1.54, 1.807) is 23.9 Å². The van der Waals surface area contributed by atoms with E-state index in [2.05, 4.69) is 26.4 Å². The summed E-state index contributed by atoms with van der Waals surface area (Å²) in [5.41, 5.74) is 3.04. The van der Waals surface area contributed by atoms with E-state index < -0.39 is 6.17 Å². The fourth-order valence-electron chi connectivity index (χ4n) is 3.58. The Bertz CT molecular complexity index is 918. The van der Waals surface area contributed by atoms with E-state index in [0.717, 1.165) is 35.0 Å². The first kappa shape index (κ1) is 16.4. The van der Waals surface area contributed by atoms with Crippen LogP contribution < -0.4 is 5.32 Å². The van der Waals surface area contributed by atoms with Crippen molar-refractivity contribution < 1.29 is 4.39 Å². The number of hydrogen-bond acceptors (Lipinski definition) is 4. The average molecular weight is 360 g/mol. The molecule has 2 atom stereocenters. The molecule has 0 bridgehead atoms. The molecule has 5 nitrogen and oxygen atoms in total. The van der Waals surface area contributed by atoms with Crippen LogP contribution in [-0.2, 0) is 0 Å². The highest BCUT2D eigenvalue weighted by Gasteiger charge is 2.28. The number of nitrogens with one attached hydrogen (secondary N) is 1. The molecule has 1 aliphatic rings. The van der Waals surface area contributed by atoms with Gasteiger partial charge in [0.15, 0.2) is 5.82 Å². The second kappa shape index (κ2) is 6.35. The van der Waals surface area contributed by atoms with Crippen molar-refractivity contribution in [2.24, 2.45) is 0 Å². The minimum atomic E-state index is -0.878. The second-order valence-corrected chi connectivity index (χ2v) is 6.92. The summed E-state index contributed by atoms with van der Waals surface area (Å²) in [6.07, 6.45) is 1.71. The van der Waals surface area contributed by atoms with Gasteiger partial charge in [-0.1, -0.05) is 11.6 Å². The third-order valence-electron chi connectivity index (χ3n) is 4.77. The fourth-order valence-corrected chi connectivity index (χ4v) is 3.80. The lowest BCUT2D eigenvalue weighted by Crippen LogP contribution is -2.36. The minimum absolute atomic E-state index is 0.0928. The van der Waals surface area contributed by atoms with Crippen LogP contribution >= 0.6 is 11.6 Å². The van der Waals surface area contributed by atoms with Crippen LogP contribution in [0.4, 0.5) is 4.39 Å². The van der Waals surface area contributed by atoms with Crippen LogP contribution in [0.2, 0.25) is 5.15 Å². The molecule has 4 rings (SSSR count). The van der Waals surface area contributed by atoms with Crippen LogP contribution in [0, 0.1) is 13.8 Å². The van der Waals surface area contributed by atoms with Crippen molar-refractivity contribution in [3.63, 3.8) is 0 Å². The van der Waals surface area contributed by atoms with Gasteiger partial charge in [-0.2, -0.15) is 5.10 Å². The van der Waals surface area contributed by atoms with Crippen molar-refractivity contribution in [3.05, 3.63) is 46.5 Å². The summed E-state index contributed by atoms with van der Waals surface area (Å²) in [6.45, 7) is 5.07. The number of halogens is 2. The van der Waals surface area contributed by atoms with Crippen LogP contribution in [-0.4, -0.2) is 39.0 Å². The van der Waals surface area contributed by atoms with Gasteiger partial charge in [0.1, 0.15) is 17.1 Å². The number of hydrogen-bond donors (Lipinski definition) is 1. The molecule has 1 aromatic carbocycles. The number of alkyl halides is 1. The van der Waals surface area contributed by atoms with Gasteiger partial charge in [-0.05, 0) is 50.1 Å². The fraction of sp³-hybridized carbons (Fsp3) is 0.389. The lowest BCUT2D eigenvalue weighted by molar-refractivity contribution is 0.231. The molecule has 130 valence electrons. The zero-order chi connectivity index (χ0) is 17.6. The van der Waals surface area contributed by atoms with Crippen LogP contribution in [0.1, 0.15) is 29.3 Å². The first-order valence-corrected chi connectivity index (χ1v) is 8.75. The number of aromatic nitrogens is 4. The van der Waals surface area contributed by atoms with E-state index in [4.69, 9.17) is 11.6 Å². The average Bonchev–Trinajstić information content (AvgIpc) is 2.96. The Kier molecular flexibility index (Phi) is 4.17. The molecule has 1 fully saturated rings. The van der Waals surface area contributed by atoms with Gasteiger partial charge in [-0.3, -0.25) is 0 Å². The molecular formula is C18H19ClFN5. The van der Waals surface area contributed by atoms with Gasteiger partial charge in [-0.25, -0.2) is 19.0 Å². The number of rotatable bonds is 2. The predicted molar refractivity (Wildman–Crippen MR) is 96.3 cm³/mol. The van der Waals surface area contributed by atoms with Crippen LogP contribution in [0.5, 0.6) is 0 Å². The van der Waals surface area contributed by atoms with Gasteiger partial charge in [0.05, 0.1) is 11.7 Å². The number of aryl methyl sites for hydroxylation is 2. The highest BCUT2D eigenvalue weighted by atomic mass is 35.5. The summed E-state index contributed by atoms with van der Waals surface area (Å²) in [5.74, 6) is 1.11. The molecular weight excluding hydrogens is 341 g/mol. The molecule has 7 heteroatoms. The minimum Gasteiger partial charge on any atom is -0.314 e. The Morgan fingerprint density at radius 1 is 1.24 bits per heavy atom. The Balaban J connectivity index is 1.86. The SMILES string of the molecule is Cc1nc(Cl)cc(-n2ncc3cc(C)c([C@H]4CCNC[C@H]4F)cc32)n1. The zero-order valence-electron chi connectivity index (χ0n) is 14.1. The van der Waals surface area contributed by atoms with E-state index in [0.29, 0.717) is 23.3 Å². The normalized spacial score (nSPS) is 21.0.